The van der Waals surface area contributed by atoms with Crippen molar-refractivity contribution in [3.05, 3.63) is 0 Å². The molecule has 2 aliphatic rings. The largest absolute Gasteiger partial charge is 0.481 e. The van der Waals surface area contributed by atoms with E-state index < -0.39 is 5.97 Å². The minimum Gasteiger partial charge on any atom is -0.481 e. The van der Waals surface area contributed by atoms with Crippen LogP contribution in [0.15, 0.2) is 0 Å². The first-order chi connectivity index (χ1) is 7.61. The number of nitrogens with zero attached hydrogens (tertiary/aromatic N) is 1. The molecule has 1 heterocycles. The number of carbonyl (C=O) groups is 1. The summed E-state index contributed by atoms with van der Waals surface area (Å²) >= 11 is 0. The molecule has 2 rings (SSSR count). The molecule has 0 amide bonds. The number of piperidine rings is 1. The van der Waals surface area contributed by atoms with E-state index in [2.05, 4.69) is 4.90 Å². The Kier molecular flexibility index (Phi) is 3.53. The van der Waals surface area contributed by atoms with Gasteiger partial charge in [-0.1, -0.05) is 12.8 Å². The Bertz CT molecular complexity index is 249. The average molecular weight is 225 g/mol. The van der Waals surface area contributed by atoms with Crippen LogP contribution in [0.5, 0.6) is 0 Å². The highest BCUT2D eigenvalue weighted by atomic mass is 16.4. The zero-order valence-corrected chi connectivity index (χ0v) is 10.2. The van der Waals surface area contributed by atoms with Crippen LogP contribution in [0.1, 0.15) is 51.9 Å². The van der Waals surface area contributed by atoms with E-state index in [0.29, 0.717) is 5.41 Å². The molecule has 92 valence electrons. The first-order valence-electron chi connectivity index (χ1n) is 6.57. The Morgan fingerprint density at radius 2 is 1.81 bits per heavy atom. The van der Waals surface area contributed by atoms with Gasteiger partial charge in [0.1, 0.15) is 0 Å². The van der Waals surface area contributed by atoms with Gasteiger partial charge in [-0.05, 0) is 51.1 Å². The molecule has 0 bridgehead atoms. The molecular weight excluding hydrogens is 202 g/mol. The molecule has 1 aliphatic heterocycles. The summed E-state index contributed by atoms with van der Waals surface area (Å²) in [7, 11) is 0. The molecule has 0 aromatic rings. The average Bonchev–Trinajstić information content (AvgIpc) is 2.66. The monoisotopic (exact) mass is 225 g/mol. The molecule has 1 saturated carbocycles. The topological polar surface area (TPSA) is 40.5 Å². The molecule has 3 nitrogen and oxygen atoms in total. The van der Waals surface area contributed by atoms with Crippen LogP contribution in [0.4, 0.5) is 0 Å². The molecule has 1 N–H and O–H groups in total. The predicted octanol–water partition coefficient (Wildman–Crippen LogP) is 2.51. The van der Waals surface area contributed by atoms with Gasteiger partial charge in [-0.3, -0.25) is 4.79 Å². The Labute approximate surface area is 97.8 Å². The maximum absolute atomic E-state index is 10.7. The second-order valence-electron chi connectivity index (χ2n) is 5.69. The van der Waals surface area contributed by atoms with Crippen LogP contribution < -0.4 is 0 Å². The van der Waals surface area contributed by atoms with Gasteiger partial charge < -0.3 is 10.0 Å². The van der Waals surface area contributed by atoms with E-state index in [1.165, 1.54) is 38.5 Å². The van der Waals surface area contributed by atoms with Crippen molar-refractivity contribution >= 4 is 5.97 Å². The normalized spacial score (nSPS) is 27.1. The third-order valence-electron chi connectivity index (χ3n) is 4.62. The fourth-order valence-electron chi connectivity index (χ4n) is 3.45. The van der Waals surface area contributed by atoms with Crippen LogP contribution in [-0.2, 0) is 4.79 Å². The van der Waals surface area contributed by atoms with Gasteiger partial charge in [0.25, 0.3) is 0 Å². The predicted molar refractivity (Wildman–Crippen MR) is 63.4 cm³/mol. The summed E-state index contributed by atoms with van der Waals surface area (Å²) in [4.78, 5) is 13.0. The molecule has 1 spiro atoms. The van der Waals surface area contributed by atoms with Gasteiger partial charge in [-0.2, -0.15) is 0 Å². The Balaban J connectivity index is 1.82. The van der Waals surface area contributed by atoms with Crippen molar-refractivity contribution in [3.63, 3.8) is 0 Å². The van der Waals surface area contributed by atoms with Gasteiger partial charge in [-0.15, -0.1) is 0 Å². The third kappa shape index (κ3) is 2.57. The van der Waals surface area contributed by atoms with Gasteiger partial charge in [0.2, 0.25) is 0 Å². The van der Waals surface area contributed by atoms with Crippen molar-refractivity contribution in [1.82, 2.24) is 4.90 Å². The van der Waals surface area contributed by atoms with Gasteiger partial charge in [0.15, 0.2) is 0 Å². The van der Waals surface area contributed by atoms with Crippen molar-refractivity contribution in [2.75, 3.05) is 13.1 Å². The second kappa shape index (κ2) is 4.74. The molecule has 16 heavy (non-hydrogen) atoms. The number of carboxylic acid groups (broad SMARTS) is 1. The Morgan fingerprint density at radius 1 is 1.25 bits per heavy atom. The molecule has 1 atom stereocenters. The lowest BCUT2D eigenvalue weighted by molar-refractivity contribution is -0.138. The van der Waals surface area contributed by atoms with Crippen molar-refractivity contribution in [1.29, 1.82) is 0 Å². The highest BCUT2D eigenvalue weighted by Gasteiger charge is 2.37. The van der Waals surface area contributed by atoms with Crippen LogP contribution >= 0.6 is 0 Å². The van der Waals surface area contributed by atoms with Crippen LogP contribution in [-0.4, -0.2) is 35.1 Å². The van der Waals surface area contributed by atoms with Gasteiger partial charge in [0, 0.05) is 6.04 Å². The summed E-state index contributed by atoms with van der Waals surface area (Å²) in [6.45, 7) is 4.25. The number of hydrogen-bond donors (Lipinski definition) is 1. The highest BCUT2D eigenvalue weighted by Crippen LogP contribution is 2.46. The van der Waals surface area contributed by atoms with E-state index in [-0.39, 0.29) is 12.5 Å². The van der Waals surface area contributed by atoms with Crippen LogP contribution in [0.2, 0.25) is 0 Å². The molecule has 1 unspecified atom stereocenters. The number of carboxylic acids is 1. The summed E-state index contributed by atoms with van der Waals surface area (Å²) in [6.07, 6.45) is 8.50. The zero-order valence-electron chi connectivity index (χ0n) is 10.2. The lowest BCUT2D eigenvalue weighted by atomic mass is 9.77. The molecule has 2 fully saturated rings. The first kappa shape index (κ1) is 11.9. The lowest BCUT2D eigenvalue weighted by Crippen LogP contribution is -2.44. The first-order valence-corrected chi connectivity index (χ1v) is 6.57. The number of rotatable bonds is 3. The summed E-state index contributed by atoms with van der Waals surface area (Å²) in [5, 5.41) is 8.79. The standard InChI is InChI=1S/C13H23NO2/c1-11(10-12(15)16)14-8-6-13(7-9-14)4-2-3-5-13/h11H,2-10H2,1H3,(H,15,16). The van der Waals surface area contributed by atoms with Crippen molar-refractivity contribution in [3.8, 4) is 0 Å². The molecule has 1 saturated heterocycles. The van der Waals surface area contributed by atoms with E-state index in [1.54, 1.807) is 0 Å². The molecule has 0 radical (unpaired) electrons. The lowest BCUT2D eigenvalue weighted by Gasteiger charge is -2.41. The third-order valence-corrected chi connectivity index (χ3v) is 4.62. The van der Waals surface area contributed by atoms with Crippen molar-refractivity contribution in [2.45, 2.75) is 57.9 Å². The number of aliphatic carboxylic acids is 1. The van der Waals surface area contributed by atoms with Gasteiger partial charge in [-0.25, -0.2) is 0 Å². The molecular formula is C13H23NO2. The van der Waals surface area contributed by atoms with E-state index in [1.807, 2.05) is 6.92 Å². The number of likely N-dealkylation sites (tertiary alicyclic amines) is 1. The quantitative estimate of drug-likeness (QED) is 0.802. The van der Waals surface area contributed by atoms with Crippen molar-refractivity contribution in [2.24, 2.45) is 5.41 Å². The number of hydrogen-bond acceptors (Lipinski definition) is 2. The maximum Gasteiger partial charge on any atom is 0.304 e. The van der Waals surface area contributed by atoms with E-state index >= 15 is 0 Å². The van der Waals surface area contributed by atoms with Crippen LogP contribution in [0.25, 0.3) is 0 Å². The van der Waals surface area contributed by atoms with Crippen molar-refractivity contribution < 1.29 is 9.90 Å². The van der Waals surface area contributed by atoms with Gasteiger partial charge >= 0.3 is 5.97 Å². The fraction of sp³-hybridized carbons (Fsp3) is 0.923. The second-order valence-corrected chi connectivity index (χ2v) is 5.69. The smallest absolute Gasteiger partial charge is 0.304 e. The van der Waals surface area contributed by atoms with E-state index in [9.17, 15) is 4.79 Å². The Hall–Kier alpha value is -0.570. The molecule has 3 heteroatoms. The summed E-state index contributed by atoms with van der Waals surface area (Å²) in [6, 6.07) is 0.205. The minimum atomic E-state index is -0.673. The summed E-state index contributed by atoms with van der Waals surface area (Å²) in [5.41, 5.74) is 0.638. The zero-order chi connectivity index (χ0) is 11.6. The van der Waals surface area contributed by atoms with E-state index in [4.69, 9.17) is 5.11 Å². The molecule has 1 aliphatic carbocycles. The highest BCUT2D eigenvalue weighted by molar-refractivity contribution is 5.67. The molecule has 0 aromatic carbocycles. The fourth-order valence-corrected chi connectivity index (χ4v) is 3.45. The molecule has 0 aromatic heterocycles. The van der Waals surface area contributed by atoms with E-state index in [0.717, 1.165) is 13.1 Å². The summed E-state index contributed by atoms with van der Waals surface area (Å²) < 4.78 is 0. The minimum absolute atomic E-state index is 0.205. The SMILES string of the molecule is CC(CC(=O)O)N1CCC2(CCCC2)CC1. The Morgan fingerprint density at radius 3 is 2.31 bits per heavy atom. The van der Waals surface area contributed by atoms with Crippen LogP contribution in [0, 0.1) is 5.41 Å². The van der Waals surface area contributed by atoms with Crippen LogP contribution in [0.3, 0.4) is 0 Å². The summed E-state index contributed by atoms with van der Waals surface area (Å²) in [5.74, 6) is -0.673. The van der Waals surface area contributed by atoms with Gasteiger partial charge in [0.05, 0.1) is 6.42 Å². The maximum atomic E-state index is 10.7.